The molecule has 0 radical (unpaired) electrons. The van der Waals surface area contributed by atoms with Gasteiger partial charge in [0, 0.05) is 5.56 Å². The number of hydrogen-bond acceptors (Lipinski definition) is 7. The van der Waals surface area contributed by atoms with E-state index in [-0.39, 0.29) is 17.7 Å². The average Bonchev–Trinajstić information content (AvgIpc) is 3.28. The number of ether oxygens (including phenoxy) is 4. The minimum absolute atomic E-state index is 0.0651. The number of carbonyl (C=O) groups is 2. The lowest BCUT2D eigenvalue weighted by Crippen LogP contribution is -2.37. The van der Waals surface area contributed by atoms with Gasteiger partial charge in [0.25, 0.3) is 0 Å². The number of nitrogens with zero attached hydrogens (tertiary/aromatic N) is 1. The monoisotopic (exact) mass is 468 g/mol. The van der Waals surface area contributed by atoms with E-state index in [4.69, 9.17) is 18.9 Å². The maximum Gasteiger partial charge on any atom is 0.241 e. The molecule has 0 spiro atoms. The molecule has 2 aromatic rings. The van der Waals surface area contributed by atoms with Crippen molar-refractivity contribution in [3.8, 4) is 23.0 Å². The SMILES string of the molecule is COc1ccc(C=C(C)C(=O)c2cc(OC)c(OC)c(OC)c2)cc1NC(=O)C1CCCN1C. The number of allylic oxidation sites excluding steroid dienone is 1. The van der Waals surface area contributed by atoms with E-state index in [1.807, 2.05) is 18.0 Å². The number of likely N-dealkylation sites (tertiary alicyclic amines) is 1. The highest BCUT2D eigenvalue weighted by molar-refractivity contribution is 6.11. The number of Topliss-reactive ketones (excluding diaryl/α,β-unsaturated/α-hetero) is 1. The molecule has 1 heterocycles. The fraction of sp³-hybridized carbons (Fsp3) is 0.385. The Bertz CT molecular complexity index is 1070. The van der Waals surface area contributed by atoms with Crippen molar-refractivity contribution in [1.82, 2.24) is 4.90 Å². The number of anilines is 1. The second-order valence-electron chi connectivity index (χ2n) is 8.16. The first-order valence-corrected chi connectivity index (χ1v) is 11.0. The van der Waals surface area contributed by atoms with E-state index in [1.54, 1.807) is 44.4 Å². The van der Waals surface area contributed by atoms with E-state index in [9.17, 15) is 9.59 Å². The topological polar surface area (TPSA) is 86.3 Å². The first-order chi connectivity index (χ1) is 16.3. The van der Waals surface area contributed by atoms with E-state index in [0.717, 1.165) is 24.9 Å². The summed E-state index contributed by atoms with van der Waals surface area (Å²) in [6.45, 7) is 2.64. The number of rotatable bonds is 9. The molecule has 1 unspecified atom stereocenters. The number of hydrogen-bond donors (Lipinski definition) is 1. The first kappa shape index (κ1) is 25.1. The van der Waals surface area contributed by atoms with Gasteiger partial charge in [0.05, 0.1) is 40.2 Å². The van der Waals surface area contributed by atoms with Crippen LogP contribution in [0.15, 0.2) is 35.9 Å². The summed E-state index contributed by atoms with van der Waals surface area (Å²) < 4.78 is 21.5. The Kier molecular flexibility index (Phi) is 8.17. The molecule has 1 fully saturated rings. The van der Waals surface area contributed by atoms with Crippen LogP contribution >= 0.6 is 0 Å². The van der Waals surface area contributed by atoms with Gasteiger partial charge < -0.3 is 24.3 Å². The van der Waals surface area contributed by atoms with Gasteiger partial charge in [-0.1, -0.05) is 6.07 Å². The number of amides is 1. The Morgan fingerprint density at radius 1 is 0.971 bits per heavy atom. The summed E-state index contributed by atoms with van der Waals surface area (Å²) in [5, 5.41) is 2.98. The number of benzene rings is 2. The Labute approximate surface area is 200 Å². The zero-order valence-corrected chi connectivity index (χ0v) is 20.6. The molecule has 1 saturated heterocycles. The minimum Gasteiger partial charge on any atom is -0.495 e. The van der Waals surface area contributed by atoms with Crippen LogP contribution in [0.3, 0.4) is 0 Å². The van der Waals surface area contributed by atoms with Crippen LogP contribution in [0.5, 0.6) is 23.0 Å². The number of methoxy groups -OCH3 is 4. The summed E-state index contributed by atoms with van der Waals surface area (Å²) in [6.07, 6.45) is 3.59. The lowest BCUT2D eigenvalue weighted by Gasteiger charge is -2.19. The average molecular weight is 469 g/mol. The summed E-state index contributed by atoms with van der Waals surface area (Å²) in [4.78, 5) is 28.0. The van der Waals surface area contributed by atoms with Crippen LogP contribution in [0.1, 0.15) is 35.7 Å². The van der Waals surface area contributed by atoms with Crippen molar-refractivity contribution in [2.75, 3.05) is 47.3 Å². The fourth-order valence-electron chi connectivity index (χ4n) is 4.13. The van der Waals surface area contributed by atoms with Crippen LogP contribution in [0.2, 0.25) is 0 Å². The Hall–Kier alpha value is -3.52. The van der Waals surface area contributed by atoms with Crippen LogP contribution in [-0.4, -0.2) is 64.7 Å². The van der Waals surface area contributed by atoms with Crippen LogP contribution in [0, 0.1) is 0 Å². The third-order valence-electron chi connectivity index (χ3n) is 5.97. The Balaban J connectivity index is 1.88. The normalized spacial score (nSPS) is 16.2. The molecule has 2 aromatic carbocycles. The second-order valence-corrected chi connectivity index (χ2v) is 8.16. The summed E-state index contributed by atoms with van der Waals surface area (Å²) in [6, 6.07) is 8.50. The van der Waals surface area contributed by atoms with E-state index in [1.165, 1.54) is 21.3 Å². The standard InChI is InChI=1S/C26H32N2O6/c1-16(24(29)18-14-22(32-4)25(34-6)23(15-18)33-5)12-17-9-10-21(31-3)19(13-17)27-26(30)20-8-7-11-28(20)2/h9-10,12-15,20H,7-8,11H2,1-6H3,(H,27,30). The molecule has 8 heteroatoms. The van der Waals surface area contributed by atoms with Gasteiger partial charge in [-0.25, -0.2) is 0 Å². The highest BCUT2D eigenvalue weighted by atomic mass is 16.5. The van der Waals surface area contributed by atoms with Crippen molar-refractivity contribution in [1.29, 1.82) is 0 Å². The molecule has 0 bridgehead atoms. The first-order valence-electron chi connectivity index (χ1n) is 11.0. The molecule has 3 rings (SSSR count). The lowest BCUT2D eigenvalue weighted by molar-refractivity contribution is -0.119. The number of likely N-dealkylation sites (N-methyl/N-ethyl adjacent to an activating group) is 1. The highest BCUT2D eigenvalue weighted by Crippen LogP contribution is 2.39. The summed E-state index contributed by atoms with van der Waals surface area (Å²) >= 11 is 0. The molecule has 182 valence electrons. The lowest BCUT2D eigenvalue weighted by atomic mass is 10.0. The molecular weight excluding hydrogens is 436 g/mol. The van der Waals surface area contributed by atoms with Crippen molar-refractivity contribution in [2.24, 2.45) is 0 Å². The van der Waals surface area contributed by atoms with Gasteiger partial charge in [-0.3, -0.25) is 14.5 Å². The molecule has 0 saturated carbocycles. The summed E-state index contributed by atoms with van der Waals surface area (Å²) in [5.41, 5.74) is 2.24. The molecule has 1 atom stereocenters. The molecule has 0 aliphatic carbocycles. The van der Waals surface area contributed by atoms with Crippen LogP contribution < -0.4 is 24.3 Å². The minimum atomic E-state index is -0.187. The molecule has 1 amide bonds. The second kappa shape index (κ2) is 11.1. The molecule has 34 heavy (non-hydrogen) atoms. The predicted octanol–water partition coefficient (Wildman–Crippen LogP) is 4.04. The Morgan fingerprint density at radius 2 is 1.62 bits per heavy atom. The van der Waals surface area contributed by atoms with Gasteiger partial charge in [0.15, 0.2) is 17.3 Å². The zero-order chi connectivity index (χ0) is 24.8. The quantitative estimate of drug-likeness (QED) is 0.439. The Morgan fingerprint density at radius 3 is 2.15 bits per heavy atom. The predicted molar refractivity (Wildman–Crippen MR) is 131 cm³/mol. The van der Waals surface area contributed by atoms with Crippen LogP contribution in [-0.2, 0) is 4.79 Å². The van der Waals surface area contributed by atoms with Crippen molar-refractivity contribution < 1.29 is 28.5 Å². The molecule has 0 aromatic heterocycles. The van der Waals surface area contributed by atoms with Gasteiger partial charge in [-0.15, -0.1) is 0 Å². The van der Waals surface area contributed by atoms with Gasteiger partial charge in [-0.2, -0.15) is 0 Å². The molecular formula is C26H32N2O6. The summed E-state index contributed by atoms with van der Waals surface area (Å²) in [5.74, 6) is 1.54. The third kappa shape index (κ3) is 5.34. The third-order valence-corrected chi connectivity index (χ3v) is 5.97. The van der Waals surface area contributed by atoms with Crippen molar-refractivity contribution >= 4 is 23.5 Å². The fourth-order valence-corrected chi connectivity index (χ4v) is 4.13. The maximum atomic E-state index is 13.2. The van der Waals surface area contributed by atoms with Gasteiger partial charge in [0.2, 0.25) is 11.7 Å². The number of carbonyl (C=O) groups excluding carboxylic acids is 2. The molecule has 1 N–H and O–H groups in total. The van der Waals surface area contributed by atoms with Crippen molar-refractivity contribution in [2.45, 2.75) is 25.8 Å². The van der Waals surface area contributed by atoms with E-state index in [2.05, 4.69) is 5.32 Å². The van der Waals surface area contributed by atoms with E-state index >= 15 is 0 Å². The van der Waals surface area contributed by atoms with Gasteiger partial charge in [-0.05, 0) is 74.8 Å². The van der Waals surface area contributed by atoms with Crippen molar-refractivity contribution in [3.05, 3.63) is 47.0 Å². The maximum absolute atomic E-state index is 13.2. The number of ketones is 1. The van der Waals surface area contributed by atoms with Gasteiger partial charge >= 0.3 is 0 Å². The van der Waals surface area contributed by atoms with Crippen LogP contribution in [0.4, 0.5) is 5.69 Å². The van der Waals surface area contributed by atoms with Crippen molar-refractivity contribution in [3.63, 3.8) is 0 Å². The number of nitrogens with one attached hydrogen (secondary N) is 1. The molecule has 8 nitrogen and oxygen atoms in total. The molecule has 1 aliphatic rings. The largest absolute Gasteiger partial charge is 0.495 e. The van der Waals surface area contributed by atoms with Crippen LogP contribution in [0.25, 0.3) is 6.08 Å². The van der Waals surface area contributed by atoms with E-state index < -0.39 is 0 Å². The smallest absolute Gasteiger partial charge is 0.241 e. The highest BCUT2D eigenvalue weighted by Gasteiger charge is 2.28. The molecule has 1 aliphatic heterocycles. The zero-order valence-electron chi connectivity index (χ0n) is 20.6. The van der Waals surface area contributed by atoms with E-state index in [0.29, 0.717) is 39.8 Å². The van der Waals surface area contributed by atoms with Gasteiger partial charge in [0.1, 0.15) is 5.75 Å². The summed E-state index contributed by atoms with van der Waals surface area (Å²) in [7, 11) is 8.03.